The minimum Gasteiger partial charge on any atom is -0.494 e. The number of benzene rings is 1. The first-order valence-corrected chi connectivity index (χ1v) is 6.72. The maximum Gasteiger partial charge on any atom is 0.201 e. The second-order valence-electron chi connectivity index (χ2n) is 6.66. The molecule has 1 fully saturated rings. The van der Waals surface area contributed by atoms with Gasteiger partial charge in [-0.25, -0.2) is 9.37 Å². The van der Waals surface area contributed by atoms with E-state index in [0.29, 0.717) is 11.5 Å². The van der Waals surface area contributed by atoms with Crippen molar-refractivity contribution in [3.8, 4) is 5.75 Å². The fraction of sp³-hybridized carbons (Fsp3) is 0.533. The summed E-state index contributed by atoms with van der Waals surface area (Å²) in [6, 6.07) is 3.30. The van der Waals surface area contributed by atoms with Gasteiger partial charge in [0, 0.05) is 18.2 Å². The van der Waals surface area contributed by atoms with Crippen LogP contribution in [0.15, 0.2) is 12.1 Å². The zero-order valence-electron chi connectivity index (χ0n) is 12.5. The Bertz CT molecular complexity index is 689. The highest BCUT2D eigenvalue weighted by atomic mass is 19.1. The van der Waals surface area contributed by atoms with Crippen LogP contribution in [0.5, 0.6) is 5.75 Å². The SMILES string of the molecule is COc1cc2c(cc1F)nc(N)n2C1C(C)(C)C1(C)C. The summed E-state index contributed by atoms with van der Waals surface area (Å²) in [4.78, 5) is 4.29. The fourth-order valence-corrected chi connectivity index (χ4v) is 3.35. The van der Waals surface area contributed by atoms with Gasteiger partial charge >= 0.3 is 0 Å². The Kier molecular flexibility index (Phi) is 2.41. The molecule has 4 nitrogen and oxygen atoms in total. The first kappa shape index (κ1) is 13.2. The quantitative estimate of drug-likeness (QED) is 0.915. The number of anilines is 1. The predicted molar refractivity (Wildman–Crippen MR) is 77.3 cm³/mol. The van der Waals surface area contributed by atoms with Gasteiger partial charge in [0.25, 0.3) is 0 Å². The molecule has 0 saturated heterocycles. The van der Waals surface area contributed by atoms with Crippen LogP contribution in [0.1, 0.15) is 33.7 Å². The average Bonchev–Trinajstić information content (AvgIpc) is 2.62. The van der Waals surface area contributed by atoms with Gasteiger partial charge in [-0.1, -0.05) is 27.7 Å². The van der Waals surface area contributed by atoms with E-state index in [-0.39, 0.29) is 22.6 Å². The van der Waals surface area contributed by atoms with Crippen molar-refractivity contribution in [1.29, 1.82) is 0 Å². The van der Waals surface area contributed by atoms with Crippen molar-refractivity contribution >= 4 is 17.0 Å². The minimum atomic E-state index is -0.418. The van der Waals surface area contributed by atoms with Crippen LogP contribution >= 0.6 is 0 Å². The zero-order chi connectivity index (χ0) is 14.9. The molecule has 0 bridgehead atoms. The lowest BCUT2D eigenvalue weighted by Crippen LogP contribution is -2.05. The summed E-state index contributed by atoms with van der Waals surface area (Å²) in [6.07, 6.45) is 0. The fourth-order valence-electron chi connectivity index (χ4n) is 3.35. The van der Waals surface area contributed by atoms with Crippen LogP contribution in [0.4, 0.5) is 10.3 Å². The van der Waals surface area contributed by atoms with Crippen molar-refractivity contribution in [2.75, 3.05) is 12.8 Å². The maximum absolute atomic E-state index is 13.8. The van der Waals surface area contributed by atoms with E-state index < -0.39 is 5.82 Å². The molecule has 0 unspecified atom stereocenters. The Hall–Kier alpha value is -1.78. The van der Waals surface area contributed by atoms with Crippen molar-refractivity contribution in [2.45, 2.75) is 33.7 Å². The molecule has 0 aliphatic heterocycles. The standard InChI is InChI=1S/C15H20FN3O/c1-14(2)12(15(14,3)4)19-10-7-11(20-5)8(16)6-9(10)18-13(19)17/h6-7,12H,1-5H3,(H2,17,18). The van der Waals surface area contributed by atoms with Gasteiger partial charge in [0.15, 0.2) is 11.6 Å². The third kappa shape index (κ3) is 1.43. The third-order valence-electron chi connectivity index (χ3n) is 5.19. The van der Waals surface area contributed by atoms with Gasteiger partial charge in [0.1, 0.15) is 0 Å². The molecule has 0 radical (unpaired) electrons. The van der Waals surface area contributed by atoms with Crippen molar-refractivity contribution in [2.24, 2.45) is 10.8 Å². The Morgan fingerprint density at radius 3 is 2.35 bits per heavy atom. The number of nitrogen functional groups attached to an aromatic ring is 1. The summed E-state index contributed by atoms with van der Waals surface area (Å²) in [5, 5.41) is 0. The van der Waals surface area contributed by atoms with E-state index in [1.807, 2.05) is 4.57 Å². The maximum atomic E-state index is 13.8. The van der Waals surface area contributed by atoms with E-state index in [2.05, 4.69) is 32.7 Å². The Labute approximate surface area is 117 Å². The molecule has 1 aliphatic rings. The summed E-state index contributed by atoms with van der Waals surface area (Å²) in [7, 11) is 1.46. The molecule has 1 aromatic carbocycles. The highest BCUT2D eigenvalue weighted by Gasteiger charge is 2.66. The van der Waals surface area contributed by atoms with Crippen LogP contribution in [-0.4, -0.2) is 16.7 Å². The molecule has 108 valence electrons. The first-order chi connectivity index (χ1) is 9.21. The Morgan fingerprint density at radius 2 is 1.85 bits per heavy atom. The van der Waals surface area contributed by atoms with Crippen LogP contribution < -0.4 is 10.5 Å². The van der Waals surface area contributed by atoms with E-state index in [1.54, 1.807) is 6.07 Å². The van der Waals surface area contributed by atoms with Crippen LogP contribution in [0.25, 0.3) is 11.0 Å². The number of hydrogen-bond donors (Lipinski definition) is 1. The lowest BCUT2D eigenvalue weighted by molar-refractivity contribution is 0.387. The molecule has 5 heteroatoms. The van der Waals surface area contributed by atoms with E-state index in [0.717, 1.165) is 5.52 Å². The normalized spacial score (nSPS) is 20.3. The Balaban J connectivity index is 2.24. The van der Waals surface area contributed by atoms with Crippen LogP contribution in [-0.2, 0) is 0 Å². The topological polar surface area (TPSA) is 53.1 Å². The molecule has 2 aromatic rings. The van der Waals surface area contributed by atoms with E-state index in [1.165, 1.54) is 13.2 Å². The number of halogens is 1. The molecule has 0 spiro atoms. The molecule has 1 aliphatic carbocycles. The van der Waals surface area contributed by atoms with Crippen molar-refractivity contribution in [3.63, 3.8) is 0 Å². The van der Waals surface area contributed by atoms with E-state index >= 15 is 0 Å². The summed E-state index contributed by atoms with van der Waals surface area (Å²) >= 11 is 0. The molecule has 2 N–H and O–H groups in total. The summed E-state index contributed by atoms with van der Waals surface area (Å²) in [6.45, 7) is 8.85. The molecular formula is C15H20FN3O. The average molecular weight is 277 g/mol. The molecule has 1 aromatic heterocycles. The van der Waals surface area contributed by atoms with E-state index in [9.17, 15) is 4.39 Å². The van der Waals surface area contributed by atoms with Crippen LogP contribution in [0.3, 0.4) is 0 Å². The highest BCUT2D eigenvalue weighted by Crippen LogP contribution is 2.72. The largest absolute Gasteiger partial charge is 0.494 e. The van der Waals surface area contributed by atoms with Crippen molar-refractivity contribution in [1.82, 2.24) is 9.55 Å². The lowest BCUT2D eigenvalue weighted by atomic mass is 10.0. The van der Waals surface area contributed by atoms with Gasteiger partial charge in [-0.05, 0) is 10.8 Å². The van der Waals surface area contributed by atoms with E-state index in [4.69, 9.17) is 10.5 Å². The van der Waals surface area contributed by atoms with Crippen molar-refractivity contribution in [3.05, 3.63) is 17.9 Å². The second-order valence-corrected chi connectivity index (χ2v) is 6.66. The Morgan fingerprint density at radius 1 is 1.25 bits per heavy atom. The monoisotopic (exact) mass is 277 g/mol. The number of ether oxygens (including phenoxy) is 1. The number of aromatic nitrogens is 2. The number of hydrogen-bond acceptors (Lipinski definition) is 3. The summed E-state index contributed by atoms with van der Waals surface area (Å²) in [5.74, 6) is 0.227. The van der Waals surface area contributed by atoms with Gasteiger partial charge in [-0.3, -0.25) is 0 Å². The second kappa shape index (κ2) is 3.65. The minimum absolute atomic E-state index is 0.121. The van der Waals surface area contributed by atoms with Crippen LogP contribution in [0, 0.1) is 16.6 Å². The summed E-state index contributed by atoms with van der Waals surface area (Å²) < 4.78 is 20.8. The first-order valence-electron chi connectivity index (χ1n) is 6.72. The molecule has 3 rings (SSSR count). The number of nitrogens with two attached hydrogens (primary N) is 1. The smallest absolute Gasteiger partial charge is 0.201 e. The number of rotatable bonds is 2. The molecular weight excluding hydrogens is 257 g/mol. The lowest BCUT2D eigenvalue weighted by Gasteiger charge is -2.09. The number of nitrogens with zero attached hydrogens (tertiary/aromatic N) is 2. The molecule has 1 saturated carbocycles. The predicted octanol–water partition coefficient (Wildman–Crippen LogP) is 3.37. The third-order valence-corrected chi connectivity index (χ3v) is 5.19. The summed E-state index contributed by atoms with van der Waals surface area (Å²) in [5.41, 5.74) is 7.70. The van der Waals surface area contributed by atoms with Gasteiger partial charge < -0.3 is 15.0 Å². The molecule has 20 heavy (non-hydrogen) atoms. The number of imidazole rings is 1. The molecule has 0 amide bonds. The van der Waals surface area contributed by atoms with Gasteiger partial charge in [-0.2, -0.15) is 0 Å². The number of fused-ring (bicyclic) bond motifs is 1. The van der Waals surface area contributed by atoms with Crippen molar-refractivity contribution < 1.29 is 9.13 Å². The zero-order valence-corrected chi connectivity index (χ0v) is 12.5. The van der Waals surface area contributed by atoms with Crippen LogP contribution in [0.2, 0.25) is 0 Å². The van der Waals surface area contributed by atoms with Gasteiger partial charge in [-0.15, -0.1) is 0 Å². The van der Waals surface area contributed by atoms with Gasteiger partial charge in [0.05, 0.1) is 18.1 Å². The van der Waals surface area contributed by atoms with Gasteiger partial charge in [0.2, 0.25) is 5.95 Å². The molecule has 1 heterocycles. The molecule has 0 atom stereocenters. The number of methoxy groups -OCH3 is 1. The highest BCUT2D eigenvalue weighted by molar-refractivity contribution is 5.80.